The predicted octanol–water partition coefficient (Wildman–Crippen LogP) is 15.6. The molecule has 1 unspecified atom stereocenters. The van der Waals surface area contributed by atoms with E-state index >= 15 is 0 Å². The molecule has 57 heavy (non-hydrogen) atoms. The first-order chi connectivity index (χ1) is 28.2. The molecule has 1 aliphatic rings. The third kappa shape index (κ3) is 7.28. The second-order valence-corrected chi connectivity index (χ2v) is 15.1. The van der Waals surface area contributed by atoms with Crippen LogP contribution in [-0.2, 0) is 0 Å². The van der Waals surface area contributed by atoms with Gasteiger partial charge in [0.2, 0.25) is 0 Å². The van der Waals surface area contributed by atoms with Crippen LogP contribution in [0.5, 0.6) is 0 Å². The number of allylic oxidation sites excluding steroid dienone is 5. The van der Waals surface area contributed by atoms with Gasteiger partial charge in [-0.15, -0.1) is 0 Å². The van der Waals surface area contributed by atoms with Crippen LogP contribution >= 0.6 is 0 Å². The molecule has 278 valence electrons. The number of unbranched alkanes of at least 4 members (excludes halogenated alkanes) is 1. The first-order valence-electron chi connectivity index (χ1n) is 20.5. The van der Waals surface area contributed by atoms with Gasteiger partial charge in [-0.1, -0.05) is 165 Å². The Hall–Kier alpha value is -6.64. The molecular weight excluding hydrogens is 689 g/mol. The van der Waals surface area contributed by atoms with E-state index < -0.39 is 0 Å². The largest absolute Gasteiger partial charge is 0.313 e. The van der Waals surface area contributed by atoms with Gasteiger partial charge in [-0.3, -0.25) is 0 Å². The summed E-state index contributed by atoms with van der Waals surface area (Å²) >= 11 is 0. The van der Waals surface area contributed by atoms with Crippen LogP contribution in [0.15, 0.2) is 206 Å². The van der Waals surface area contributed by atoms with E-state index in [9.17, 15) is 0 Å². The SMILES string of the molecule is C/C=C(\CCCC)n1c2ccccc2c2cc(-c3ccc(C4C=CC(N(c5ccc(-c6ccccc6)cc5)c5ccc(-c6ccccc6)cc5)=CC4)cc3)ccc21. The lowest BCUT2D eigenvalue weighted by atomic mass is 9.90. The molecule has 1 aromatic heterocycles. The number of benzene rings is 7. The van der Waals surface area contributed by atoms with E-state index in [4.69, 9.17) is 0 Å². The molecule has 8 aromatic rings. The number of hydrogen-bond donors (Lipinski definition) is 0. The first-order valence-corrected chi connectivity index (χ1v) is 20.5. The van der Waals surface area contributed by atoms with Crippen molar-refractivity contribution >= 4 is 38.9 Å². The van der Waals surface area contributed by atoms with E-state index in [1.807, 2.05) is 0 Å². The highest BCUT2D eigenvalue weighted by molar-refractivity contribution is 6.11. The minimum Gasteiger partial charge on any atom is -0.313 e. The van der Waals surface area contributed by atoms with Gasteiger partial charge in [0.1, 0.15) is 0 Å². The Morgan fingerprint density at radius 2 is 1.11 bits per heavy atom. The van der Waals surface area contributed by atoms with Crippen molar-refractivity contribution in [2.75, 3.05) is 4.90 Å². The Labute approximate surface area is 337 Å². The summed E-state index contributed by atoms with van der Waals surface area (Å²) in [6.07, 6.45) is 13.8. The van der Waals surface area contributed by atoms with Crippen LogP contribution in [0.25, 0.3) is 60.9 Å². The highest BCUT2D eigenvalue weighted by atomic mass is 15.1. The summed E-state index contributed by atoms with van der Waals surface area (Å²) in [5.74, 6) is 0.313. The van der Waals surface area contributed by atoms with Crippen molar-refractivity contribution in [3.05, 3.63) is 211 Å². The summed E-state index contributed by atoms with van der Waals surface area (Å²) in [4.78, 5) is 2.38. The van der Waals surface area contributed by atoms with E-state index in [-0.39, 0.29) is 0 Å². The van der Waals surface area contributed by atoms with E-state index in [0.717, 1.165) is 24.2 Å². The zero-order valence-corrected chi connectivity index (χ0v) is 32.9. The quantitative estimate of drug-likeness (QED) is 0.128. The highest BCUT2D eigenvalue weighted by Crippen LogP contribution is 2.39. The summed E-state index contributed by atoms with van der Waals surface area (Å²) in [6.45, 7) is 4.44. The van der Waals surface area contributed by atoms with Crippen molar-refractivity contribution in [2.45, 2.75) is 45.4 Å². The fourth-order valence-corrected chi connectivity index (χ4v) is 8.46. The maximum atomic E-state index is 2.48. The van der Waals surface area contributed by atoms with Crippen molar-refractivity contribution in [3.8, 4) is 33.4 Å². The zero-order valence-electron chi connectivity index (χ0n) is 32.9. The molecule has 1 aliphatic carbocycles. The fraction of sp³-hybridized carbons (Fsp3) is 0.127. The van der Waals surface area contributed by atoms with Gasteiger partial charge in [-0.2, -0.15) is 0 Å². The van der Waals surface area contributed by atoms with Crippen LogP contribution in [0.3, 0.4) is 0 Å². The standard InChI is InChI=1S/C55H48N2/c1-3-5-18-48(4-2)57-54-20-13-12-19-52(54)53-39-47(31-38-55(53)57)46-23-21-42(22-24-46)45-29-36-51(37-30-45)56(49-32-25-43(26-33-49)40-14-8-6-9-15-40)50-34-27-44(28-35-50)41-16-10-7-11-17-41/h4,6-17,19-29,31-39,45H,3,5,18,30H2,1-2H3/b48-4+. The second kappa shape index (κ2) is 16.2. The minimum absolute atomic E-state index is 0.313. The summed E-state index contributed by atoms with van der Waals surface area (Å²) in [6, 6.07) is 64.2. The lowest BCUT2D eigenvalue weighted by Gasteiger charge is -2.29. The van der Waals surface area contributed by atoms with Crippen molar-refractivity contribution < 1.29 is 0 Å². The third-order valence-electron chi connectivity index (χ3n) is 11.6. The molecule has 7 aromatic carbocycles. The molecule has 2 heteroatoms. The number of para-hydroxylation sites is 1. The number of anilines is 2. The third-order valence-corrected chi connectivity index (χ3v) is 11.6. The molecule has 0 spiro atoms. The van der Waals surface area contributed by atoms with Crippen molar-refractivity contribution in [1.29, 1.82) is 0 Å². The molecule has 0 saturated carbocycles. The maximum absolute atomic E-state index is 2.48. The van der Waals surface area contributed by atoms with Gasteiger partial charge in [-0.05, 0) is 114 Å². The van der Waals surface area contributed by atoms with Gasteiger partial charge in [0.05, 0.1) is 11.0 Å². The second-order valence-electron chi connectivity index (χ2n) is 15.1. The van der Waals surface area contributed by atoms with Crippen LogP contribution in [0.4, 0.5) is 11.4 Å². The average molecular weight is 737 g/mol. The van der Waals surface area contributed by atoms with E-state index in [1.54, 1.807) is 0 Å². The number of aromatic nitrogens is 1. The Balaban J connectivity index is 0.980. The number of nitrogens with zero attached hydrogens (tertiary/aromatic N) is 2. The normalized spacial score (nSPS) is 14.2. The first kappa shape index (κ1) is 36.0. The topological polar surface area (TPSA) is 8.17 Å². The Morgan fingerprint density at radius 1 is 0.579 bits per heavy atom. The van der Waals surface area contributed by atoms with Crippen LogP contribution in [0.2, 0.25) is 0 Å². The van der Waals surface area contributed by atoms with Crippen LogP contribution in [0.1, 0.15) is 51.0 Å². The molecule has 0 fully saturated rings. The summed E-state index contributed by atoms with van der Waals surface area (Å²) in [7, 11) is 0. The van der Waals surface area contributed by atoms with Gasteiger partial charge in [-0.25, -0.2) is 0 Å². The average Bonchev–Trinajstić information content (AvgIpc) is 3.62. The van der Waals surface area contributed by atoms with Crippen molar-refractivity contribution in [1.82, 2.24) is 4.57 Å². The van der Waals surface area contributed by atoms with Gasteiger partial charge in [0, 0.05) is 39.5 Å². The summed E-state index contributed by atoms with van der Waals surface area (Å²) < 4.78 is 2.48. The van der Waals surface area contributed by atoms with E-state index in [2.05, 4.69) is 224 Å². The fourth-order valence-electron chi connectivity index (χ4n) is 8.46. The lowest BCUT2D eigenvalue weighted by molar-refractivity contribution is 0.804. The van der Waals surface area contributed by atoms with Gasteiger partial charge < -0.3 is 9.47 Å². The minimum atomic E-state index is 0.313. The van der Waals surface area contributed by atoms with Crippen molar-refractivity contribution in [3.63, 3.8) is 0 Å². The smallest absolute Gasteiger partial charge is 0.0538 e. The maximum Gasteiger partial charge on any atom is 0.0538 e. The van der Waals surface area contributed by atoms with Gasteiger partial charge >= 0.3 is 0 Å². The molecule has 0 saturated heterocycles. The zero-order chi connectivity index (χ0) is 38.6. The molecule has 0 N–H and O–H groups in total. The molecule has 0 aliphatic heterocycles. The molecule has 0 bridgehead atoms. The van der Waals surface area contributed by atoms with Crippen LogP contribution in [-0.4, -0.2) is 4.57 Å². The van der Waals surface area contributed by atoms with Gasteiger partial charge in [0.25, 0.3) is 0 Å². The molecule has 9 rings (SSSR count). The number of rotatable bonds is 11. The highest BCUT2D eigenvalue weighted by Gasteiger charge is 2.19. The molecular formula is C55H48N2. The molecule has 1 heterocycles. The molecule has 1 atom stereocenters. The van der Waals surface area contributed by atoms with Gasteiger partial charge in [0.15, 0.2) is 0 Å². The Bertz CT molecular complexity index is 2630. The molecule has 0 radical (unpaired) electrons. The van der Waals surface area contributed by atoms with E-state index in [0.29, 0.717) is 5.92 Å². The lowest BCUT2D eigenvalue weighted by Crippen LogP contribution is -2.17. The number of hydrogen-bond acceptors (Lipinski definition) is 1. The molecule has 2 nitrogen and oxygen atoms in total. The number of fused-ring (bicyclic) bond motifs is 3. The summed E-state index contributed by atoms with van der Waals surface area (Å²) in [5, 5.41) is 2.62. The van der Waals surface area contributed by atoms with Crippen LogP contribution in [0, 0.1) is 0 Å². The van der Waals surface area contributed by atoms with Crippen molar-refractivity contribution in [2.24, 2.45) is 0 Å². The molecule has 0 amide bonds. The summed E-state index contributed by atoms with van der Waals surface area (Å²) in [5.41, 5.74) is 16.1. The predicted molar refractivity (Wildman–Crippen MR) is 245 cm³/mol. The van der Waals surface area contributed by atoms with E-state index in [1.165, 1.54) is 85.0 Å². The van der Waals surface area contributed by atoms with Crippen LogP contribution < -0.4 is 4.90 Å². The Kier molecular flexibility index (Phi) is 10.3. The monoisotopic (exact) mass is 736 g/mol. The Morgan fingerprint density at radius 3 is 1.68 bits per heavy atom.